The second-order valence-corrected chi connectivity index (χ2v) is 21.0. The van der Waals surface area contributed by atoms with E-state index in [0.717, 1.165) is 41.9 Å². The molecule has 3 unspecified atom stereocenters. The Kier molecular flexibility index (Phi) is 11.8. The molecular formula is C73H55NS. The summed E-state index contributed by atoms with van der Waals surface area (Å²) in [5, 5.41) is 1.29. The number of nitrogens with zero attached hydrogens (tertiary/aromatic N) is 1. The average molecular weight is 978 g/mol. The molecule has 0 radical (unpaired) electrons. The van der Waals surface area contributed by atoms with Crippen LogP contribution in [0.4, 0.5) is 11.4 Å². The van der Waals surface area contributed by atoms with E-state index in [1.807, 2.05) is 18.3 Å². The van der Waals surface area contributed by atoms with E-state index in [1.165, 1.54) is 87.3 Å². The highest BCUT2D eigenvalue weighted by Crippen LogP contribution is 2.60. The lowest BCUT2D eigenvalue weighted by Gasteiger charge is -2.38. The van der Waals surface area contributed by atoms with Gasteiger partial charge < -0.3 is 4.90 Å². The number of terminal acetylenes is 1. The zero-order valence-electron chi connectivity index (χ0n) is 42.0. The maximum atomic E-state index is 6.81. The fourth-order valence-electron chi connectivity index (χ4n) is 12.9. The molecule has 0 spiro atoms. The summed E-state index contributed by atoms with van der Waals surface area (Å²) in [5.74, 6) is 3.04. The third-order valence-corrected chi connectivity index (χ3v) is 17.2. The van der Waals surface area contributed by atoms with Crippen LogP contribution in [0.2, 0.25) is 0 Å². The summed E-state index contributed by atoms with van der Waals surface area (Å²) in [6, 6.07) is 61.6. The Bertz CT molecular complexity index is 3940. The van der Waals surface area contributed by atoms with Crippen LogP contribution in [0.3, 0.4) is 0 Å². The lowest BCUT2D eigenvalue weighted by atomic mass is 9.64. The van der Waals surface area contributed by atoms with Crippen molar-refractivity contribution >= 4 is 44.4 Å². The van der Waals surface area contributed by atoms with Crippen LogP contribution in [0, 0.1) is 18.3 Å². The topological polar surface area (TPSA) is 3.24 Å². The fourth-order valence-corrected chi connectivity index (χ4v) is 14.0. The molecule has 0 amide bonds. The standard InChI is InChI=1S/C73H55NS/c1-3-5-12-27-52(4-2)72(53-30-15-8-16-31-53)65-38-25-23-35-59(65)61-45-43-56(49-67(61)72)74(69-40-21-10-19-34-58(69)51-42-47-71-64(48-51)63-37-20-11-22-41-70(63)75-71)57-44-46-62-60-36-24-26-39-66(60)73(68(62)50-57,55-32-17-9-18-33-55)54-28-13-6-7-14-29-54/h2-3,5-6,8-9,11-40,42-50,52H,7,10,41H2,1H3/b5-3-,27-12-. The Morgan fingerprint density at radius 1 is 0.573 bits per heavy atom. The summed E-state index contributed by atoms with van der Waals surface area (Å²) in [7, 11) is 0. The molecule has 7 aromatic carbocycles. The van der Waals surface area contributed by atoms with Crippen molar-refractivity contribution in [1.82, 2.24) is 0 Å². The highest BCUT2D eigenvalue weighted by molar-refractivity contribution is 7.19. The Morgan fingerprint density at radius 2 is 1.24 bits per heavy atom. The maximum Gasteiger partial charge on any atom is 0.0714 e. The summed E-state index contributed by atoms with van der Waals surface area (Å²) in [6.07, 6.45) is 47.7. The smallest absolute Gasteiger partial charge is 0.0714 e. The van der Waals surface area contributed by atoms with Crippen LogP contribution in [0.5, 0.6) is 0 Å². The van der Waals surface area contributed by atoms with Crippen molar-refractivity contribution in [2.45, 2.75) is 37.0 Å². The summed E-state index contributed by atoms with van der Waals surface area (Å²) in [5.41, 5.74) is 19.1. The van der Waals surface area contributed by atoms with Crippen molar-refractivity contribution < 1.29 is 0 Å². The van der Waals surface area contributed by atoms with Gasteiger partial charge in [-0.05, 0) is 135 Å². The van der Waals surface area contributed by atoms with Gasteiger partial charge in [0.25, 0.3) is 0 Å². The number of allylic oxidation sites excluding steroid dienone is 18. The van der Waals surface area contributed by atoms with Crippen molar-refractivity contribution in [3.63, 3.8) is 0 Å². The van der Waals surface area contributed by atoms with E-state index >= 15 is 0 Å². The van der Waals surface area contributed by atoms with Crippen LogP contribution >= 0.6 is 11.3 Å². The molecule has 5 aliphatic rings. The normalized spacial score (nSPS) is 19.3. The van der Waals surface area contributed by atoms with Crippen LogP contribution in [-0.4, -0.2) is 0 Å². The number of benzene rings is 7. The van der Waals surface area contributed by atoms with E-state index in [9.17, 15) is 0 Å². The molecular weight excluding hydrogens is 923 g/mol. The molecule has 0 fully saturated rings. The predicted octanol–water partition coefficient (Wildman–Crippen LogP) is 18.5. The fraction of sp³-hybridized carbons (Fsp3) is 0.0959. The second-order valence-electron chi connectivity index (χ2n) is 19.9. The van der Waals surface area contributed by atoms with Crippen molar-refractivity contribution in [2.24, 2.45) is 5.92 Å². The summed E-state index contributed by atoms with van der Waals surface area (Å²) in [6.45, 7) is 2.05. The lowest BCUT2D eigenvalue weighted by molar-refractivity contribution is 0.551. The summed E-state index contributed by atoms with van der Waals surface area (Å²) >= 11 is 1.91. The minimum atomic E-state index is -0.698. The Labute approximate surface area is 446 Å². The first-order chi connectivity index (χ1) is 37.1. The number of rotatable bonds is 10. The first-order valence-electron chi connectivity index (χ1n) is 26.3. The van der Waals surface area contributed by atoms with Gasteiger partial charge in [0.2, 0.25) is 0 Å². The number of hydrogen-bond acceptors (Lipinski definition) is 2. The van der Waals surface area contributed by atoms with Gasteiger partial charge in [-0.1, -0.05) is 231 Å². The zero-order chi connectivity index (χ0) is 50.3. The van der Waals surface area contributed by atoms with Gasteiger partial charge >= 0.3 is 0 Å². The van der Waals surface area contributed by atoms with Gasteiger partial charge in [-0.3, -0.25) is 0 Å². The van der Waals surface area contributed by atoms with Gasteiger partial charge in [-0.15, -0.1) is 17.8 Å². The van der Waals surface area contributed by atoms with Crippen LogP contribution < -0.4 is 4.90 Å². The molecule has 1 nitrogen and oxygen atoms in total. The van der Waals surface area contributed by atoms with Crippen molar-refractivity contribution in [3.05, 3.63) is 322 Å². The zero-order valence-corrected chi connectivity index (χ0v) is 42.9. The van der Waals surface area contributed by atoms with Gasteiger partial charge in [0.05, 0.1) is 22.4 Å². The number of anilines is 2. The minimum absolute atomic E-state index is 0.311. The molecule has 0 bridgehead atoms. The van der Waals surface area contributed by atoms with Crippen LogP contribution in [0.25, 0.3) is 44.0 Å². The summed E-state index contributed by atoms with van der Waals surface area (Å²) < 4.78 is 1.31. The molecule has 0 N–H and O–H groups in total. The Morgan fingerprint density at radius 3 is 2.03 bits per heavy atom. The van der Waals surface area contributed by atoms with Crippen molar-refractivity contribution in [3.8, 4) is 34.6 Å². The van der Waals surface area contributed by atoms with Gasteiger partial charge in [-0.25, -0.2) is 0 Å². The lowest BCUT2D eigenvalue weighted by Crippen LogP contribution is -2.34. The average Bonchev–Trinajstić information content (AvgIpc) is 3.88. The Hall–Kier alpha value is -8.74. The number of thiophene rings is 1. The Balaban J connectivity index is 1.12. The minimum Gasteiger partial charge on any atom is -0.310 e. The first kappa shape index (κ1) is 46.1. The van der Waals surface area contributed by atoms with E-state index in [-0.39, 0.29) is 5.92 Å². The third-order valence-electron chi connectivity index (χ3n) is 16.0. The van der Waals surface area contributed by atoms with Gasteiger partial charge in [0, 0.05) is 38.3 Å². The molecule has 358 valence electrons. The van der Waals surface area contributed by atoms with E-state index in [2.05, 4.69) is 278 Å². The van der Waals surface area contributed by atoms with Gasteiger partial charge in [-0.2, -0.15) is 0 Å². The van der Waals surface area contributed by atoms with Gasteiger partial charge in [0.15, 0.2) is 0 Å². The quantitative estimate of drug-likeness (QED) is 0.0975. The largest absolute Gasteiger partial charge is 0.310 e. The summed E-state index contributed by atoms with van der Waals surface area (Å²) in [4.78, 5) is 3.95. The molecule has 1 aromatic heterocycles. The molecule has 3 atom stereocenters. The molecule has 5 aliphatic carbocycles. The predicted molar refractivity (Wildman–Crippen MR) is 319 cm³/mol. The van der Waals surface area contributed by atoms with E-state index in [4.69, 9.17) is 6.42 Å². The van der Waals surface area contributed by atoms with E-state index < -0.39 is 10.8 Å². The molecule has 1 heterocycles. The molecule has 0 aliphatic heterocycles. The SMILES string of the molecule is C#CC(/C=C\C=C/C)C1(c2ccccc2)c2ccccc2-c2ccc(N(C3=C(c4ccc5sc6c(c5c4)C=CC=CC6)C=CCC=C3)c3ccc4c(c3)C(C3=CC=CCC=C3)(c3ccccc3)c3ccccc3-4)cc21. The number of fused-ring (bicyclic) bond motifs is 9. The van der Waals surface area contributed by atoms with Crippen molar-refractivity contribution in [2.75, 3.05) is 4.90 Å². The highest BCUT2D eigenvalue weighted by Gasteiger charge is 2.50. The van der Waals surface area contributed by atoms with Crippen molar-refractivity contribution in [1.29, 1.82) is 0 Å². The first-order valence-corrected chi connectivity index (χ1v) is 27.1. The molecule has 13 rings (SSSR count). The highest BCUT2D eigenvalue weighted by atomic mass is 32.1. The molecule has 0 saturated carbocycles. The molecule has 0 saturated heterocycles. The van der Waals surface area contributed by atoms with Crippen LogP contribution in [0.1, 0.15) is 69.2 Å². The third kappa shape index (κ3) is 7.37. The monoisotopic (exact) mass is 977 g/mol. The van der Waals surface area contributed by atoms with Gasteiger partial charge in [0.1, 0.15) is 0 Å². The molecule has 2 heteroatoms. The van der Waals surface area contributed by atoms with E-state index in [1.54, 1.807) is 0 Å². The van der Waals surface area contributed by atoms with Crippen LogP contribution in [0.15, 0.2) is 272 Å². The second kappa shape index (κ2) is 19.3. The van der Waals surface area contributed by atoms with Crippen LogP contribution in [-0.2, 0) is 17.3 Å². The molecule has 8 aromatic rings. The molecule has 75 heavy (non-hydrogen) atoms. The van der Waals surface area contributed by atoms with E-state index in [0.29, 0.717) is 0 Å². The maximum absolute atomic E-state index is 6.81. The number of hydrogen-bond donors (Lipinski definition) is 0.